The van der Waals surface area contributed by atoms with Gasteiger partial charge in [-0.25, -0.2) is 0 Å². The second-order valence-corrected chi connectivity index (χ2v) is 4.48. The standard InChI is InChI=1S/C14H20F3NO/c1-3-10-5-6-11(4-2)12(7-10)13(18)8-19-9-14(15,16)17/h5-7,13H,3-4,8-9,18H2,1-2H3. The van der Waals surface area contributed by atoms with Gasteiger partial charge in [-0.15, -0.1) is 0 Å². The van der Waals surface area contributed by atoms with E-state index in [1.54, 1.807) is 0 Å². The molecule has 0 fully saturated rings. The third-order valence-electron chi connectivity index (χ3n) is 2.96. The van der Waals surface area contributed by atoms with Crippen molar-refractivity contribution in [1.82, 2.24) is 0 Å². The first-order chi connectivity index (χ1) is 8.87. The second kappa shape index (κ2) is 6.91. The Morgan fingerprint density at radius 3 is 2.42 bits per heavy atom. The Bertz CT molecular complexity index is 404. The Labute approximate surface area is 111 Å². The summed E-state index contributed by atoms with van der Waals surface area (Å²) in [6.07, 6.45) is -2.64. The maximum atomic E-state index is 12.0. The molecule has 2 nitrogen and oxygen atoms in total. The highest BCUT2D eigenvalue weighted by atomic mass is 19.4. The molecule has 0 aliphatic heterocycles. The molecule has 1 rings (SSSR count). The zero-order chi connectivity index (χ0) is 14.5. The summed E-state index contributed by atoms with van der Waals surface area (Å²) in [4.78, 5) is 0. The largest absolute Gasteiger partial charge is 0.411 e. The summed E-state index contributed by atoms with van der Waals surface area (Å²) in [5, 5.41) is 0. The van der Waals surface area contributed by atoms with E-state index in [0.717, 1.165) is 29.5 Å². The van der Waals surface area contributed by atoms with Crippen LogP contribution in [-0.4, -0.2) is 19.4 Å². The molecule has 1 aromatic carbocycles. The summed E-state index contributed by atoms with van der Waals surface area (Å²) in [7, 11) is 0. The molecule has 1 aromatic rings. The van der Waals surface area contributed by atoms with Crippen molar-refractivity contribution in [3.8, 4) is 0 Å². The van der Waals surface area contributed by atoms with Gasteiger partial charge in [-0.05, 0) is 29.5 Å². The van der Waals surface area contributed by atoms with Gasteiger partial charge in [0.1, 0.15) is 6.61 Å². The van der Waals surface area contributed by atoms with Gasteiger partial charge in [0.25, 0.3) is 0 Å². The van der Waals surface area contributed by atoms with Gasteiger partial charge < -0.3 is 10.5 Å². The number of aryl methyl sites for hydroxylation is 2. The average molecular weight is 275 g/mol. The molecule has 5 heteroatoms. The topological polar surface area (TPSA) is 35.2 Å². The smallest absolute Gasteiger partial charge is 0.370 e. The van der Waals surface area contributed by atoms with Gasteiger partial charge in [0.15, 0.2) is 0 Å². The third-order valence-corrected chi connectivity index (χ3v) is 2.96. The molecule has 2 N–H and O–H groups in total. The molecule has 0 spiro atoms. The van der Waals surface area contributed by atoms with Gasteiger partial charge in [-0.2, -0.15) is 13.2 Å². The van der Waals surface area contributed by atoms with Crippen LogP contribution in [0.25, 0.3) is 0 Å². The summed E-state index contributed by atoms with van der Waals surface area (Å²) in [6.45, 7) is 2.64. The molecular weight excluding hydrogens is 255 g/mol. The lowest BCUT2D eigenvalue weighted by molar-refractivity contribution is -0.174. The van der Waals surface area contributed by atoms with Crippen LogP contribution >= 0.6 is 0 Å². The highest BCUT2D eigenvalue weighted by Crippen LogP contribution is 2.21. The molecule has 0 aliphatic rings. The van der Waals surface area contributed by atoms with Crippen LogP contribution in [0, 0.1) is 0 Å². The normalized spacial score (nSPS) is 13.6. The first-order valence-electron chi connectivity index (χ1n) is 6.39. The number of benzene rings is 1. The monoisotopic (exact) mass is 275 g/mol. The molecule has 1 atom stereocenters. The summed E-state index contributed by atoms with van der Waals surface area (Å²) in [5.41, 5.74) is 8.99. The van der Waals surface area contributed by atoms with Gasteiger partial charge in [0, 0.05) is 0 Å². The van der Waals surface area contributed by atoms with Crippen LogP contribution in [0.1, 0.15) is 36.6 Å². The van der Waals surface area contributed by atoms with Crippen molar-refractivity contribution in [3.05, 3.63) is 34.9 Å². The average Bonchev–Trinajstić information content (AvgIpc) is 2.36. The Balaban J connectivity index is 2.72. The van der Waals surface area contributed by atoms with Crippen LogP contribution in [0.4, 0.5) is 13.2 Å². The summed E-state index contributed by atoms with van der Waals surface area (Å²) in [6, 6.07) is 5.44. The summed E-state index contributed by atoms with van der Waals surface area (Å²) in [5.74, 6) is 0. The van der Waals surface area contributed by atoms with Crippen LogP contribution < -0.4 is 5.73 Å². The Morgan fingerprint density at radius 1 is 1.21 bits per heavy atom. The van der Waals surface area contributed by atoms with Crippen molar-refractivity contribution in [2.45, 2.75) is 38.9 Å². The minimum absolute atomic E-state index is 0.125. The third kappa shape index (κ3) is 5.20. The quantitative estimate of drug-likeness (QED) is 0.863. The predicted octanol–water partition coefficient (Wildman–Crippen LogP) is 3.39. The van der Waals surface area contributed by atoms with Crippen LogP contribution in [0.2, 0.25) is 0 Å². The van der Waals surface area contributed by atoms with E-state index in [2.05, 4.69) is 4.74 Å². The Morgan fingerprint density at radius 2 is 1.89 bits per heavy atom. The number of rotatable bonds is 6. The van der Waals surface area contributed by atoms with E-state index in [9.17, 15) is 13.2 Å². The highest BCUT2D eigenvalue weighted by molar-refractivity contribution is 5.34. The zero-order valence-electron chi connectivity index (χ0n) is 11.3. The molecule has 0 bridgehead atoms. The highest BCUT2D eigenvalue weighted by Gasteiger charge is 2.27. The molecule has 0 radical (unpaired) electrons. The van der Waals surface area contributed by atoms with Crippen LogP contribution in [0.15, 0.2) is 18.2 Å². The fourth-order valence-electron chi connectivity index (χ4n) is 1.92. The summed E-state index contributed by atoms with van der Waals surface area (Å²) < 4.78 is 40.7. The van der Waals surface area contributed by atoms with Gasteiger partial charge in [-0.1, -0.05) is 32.0 Å². The van der Waals surface area contributed by atoms with Gasteiger partial charge in [0.2, 0.25) is 0 Å². The lowest BCUT2D eigenvalue weighted by atomic mass is 9.96. The first kappa shape index (κ1) is 16.0. The Kier molecular flexibility index (Phi) is 5.82. The van der Waals surface area contributed by atoms with Crippen molar-refractivity contribution in [3.63, 3.8) is 0 Å². The number of hydrogen-bond donors (Lipinski definition) is 1. The van der Waals surface area contributed by atoms with Crippen LogP contribution in [0.3, 0.4) is 0 Å². The number of hydrogen-bond acceptors (Lipinski definition) is 2. The van der Waals surface area contributed by atoms with E-state index in [1.807, 2.05) is 32.0 Å². The van der Waals surface area contributed by atoms with Crippen molar-refractivity contribution < 1.29 is 17.9 Å². The van der Waals surface area contributed by atoms with Crippen molar-refractivity contribution >= 4 is 0 Å². The number of nitrogens with two attached hydrogens (primary N) is 1. The van der Waals surface area contributed by atoms with Gasteiger partial charge in [0.05, 0.1) is 12.6 Å². The molecule has 0 aromatic heterocycles. The Hall–Kier alpha value is -1.07. The van der Waals surface area contributed by atoms with Gasteiger partial charge >= 0.3 is 6.18 Å². The van der Waals surface area contributed by atoms with Gasteiger partial charge in [-0.3, -0.25) is 0 Å². The zero-order valence-corrected chi connectivity index (χ0v) is 11.3. The van der Waals surface area contributed by atoms with Crippen LogP contribution in [-0.2, 0) is 17.6 Å². The fourth-order valence-corrected chi connectivity index (χ4v) is 1.92. The maximum absolute atomic E-state index is 12.0. The molecule has 0 heterocycles. The molecular formula is C14H20F3NO. The minimum atomic E-state index is -4.31. The SMILES string of the molecule is CCc1ccc(CC)c(C(N)COCC(F)(F)F)c1. The fraction of sp³-hybridized carbons (Fsp3) is 0.571. The molecule has 1 unspecified atom stereocenters. The van der Waals surface area contributed by atoms with Crippen molar-refractivity contribution in [2.75, 3.05) is 13.2 Å². The molecule has 108 valence electrons. The van der Waals surface area contributed by atoms with E-state index in [4.69, 9.17) is 5.73 Å². The number of ether oxygens (including phenoxy) is 1. The molecule has 19 heavy (non-hydrogen) atoms. The first-order valence-corrected chi connectivity index (χ1v) is 6.39. The second-order valence-electron chi connectivity index (χ2n) is 4.48. The maximum Gasteiger partial charge on any atom is 0.411 e. The predicted molar refractivity (Wildman–Crippen MR) is 69.0 cm³/mol. The number of halogens is 3. The molecule has 0 aliphatic carbocycles. The lowest BCUT2D eigenvalue weighted by Crippen LogP contribution is -2.24. The van der Waals surface area contributed by atoms with Crippen LogP contribution in [0.5, 0.6) is 0 Å². The molecule has 0 saturated carbocycles. The lowest BCUT2D eigenvalue weighted by Gasteiger charge is -2.18. The van der Waals surface area contributed by atoms with Crippen molar-refractivity contribution in [1.29, 1.82) is 0 Å². The van der Waals surface area contributed by atoms with E-state index in [0.29, 0.717) is 0 Å². The van der Waals surface area contributed by atoms with E-state index >= 15 is 0 Å². The van der Waals surface area contributed by atoms with E-state index < -0.39 is 18.8 Å². The summed E-state index contributed by atoms with van der Waals surface area (Å²) >= 11 is 0. The minimum Gasteiger partial charge on any atom is -0.370 e. The van der Waals surface area contributed by atoms with Crippen molar-refractivity contribution in [2.24, 2.45) is 5.73 Å². The van der Waals surface area contributed by atoms with E-state index in [1.165, 1.54) is 0 Å². The molecule has 0 amide bonds. The molecule has 0 saturated heterocycles. The number of alkyl halides is 3. The van der Waals surface area contributed by atoms with E-state index in [-0.39, 0.29) is 6.61 Å².